The molecule has 570 valence electrons. The first-order valence-electron chi connectivity index (χ1n) is 35.6. The number of likely N-dealkylation sites (tertiary alicyclic amines) is 2. The number of carbonyl (C=O) groups is 10. The first-order valence-corrected chi connectivity index (χ1v) is 37.7. The van der Waals surface area contributed by atoms with Crippen LogP contribution in [0.4, 0.5) is 9.59 Å². The molecule has 0 radical (unpaired) electrons. The molecule has 6 N–H and O–H groups in total. The predicted molar refractivity (Wildman–Crippen MR) is 379 cm³/mol. The van der Waals surface area contributed by atoms with Crippen LogP contribution in [0.1, 0.15) is 148 Å². The molecule has 2 heterocycles. The highest BCUT2D eigenvalue weighted by molar-refractivity contribution is 8.00. The zero-order chi connectivity index (χ0) is 73.1. The summed E-state index contributed by atoms with van der Waals surface area (Å²) in [6, 6.07) is 6.76. The Bertz CT molecular complexity index is 2530. The van der Waals surface area contributed by atoms with Crippen molar-refractivity contribution in [2.75, 3.05) is 178 Å². The van der Waals surface area contributed by atoms with Gasteiger partial charge in [0.05, 0.1) is 76.0 Å². The zero-order valence-electron chi connectivity index (χ0n) is 60.2. The molecular weight excluding hydrogens is 1340 g/mol. The lowest BCUT2D eigenvalue weighted by molar-refractivity contribution is -0.141. The van der Waals surface area contributed by atoms with Crippen molar-refractivity contribution >= 4 is 82.8 Å². The Morgan fingerprint density at radius 1 is 0.590 bits per heavy atom. The number of nitrogens with zero attached hydrogens (tertiary/aromatic N) is 5. The fraction of sp³-hybridized carbons (Fsp3) is 0.768. The minimum atomic E-state index is -0.810. The molecule has 2 fully saturated rings. The number of hydrogen-bond acceptors (Lipinski definition) is 24. The molecule has 0 spiro atoms. The number of aliphatic hydroxyl groups excluding tert-OH is 2. The number of methoxy groups -OCH3 is 3. The Morgan fingerprint density at radius 2 is 1.18 bits per heavy atom. The van der Waals surface area contributed by atoms with Crippen LogP contribution in [-0.4, -0.2) is 295 Å². The number of thioether (sulfide) groups is 2. The van der Waals surface area contributed by atoms with Gasteiger partial charge in [-0.1, -0.05) is 37.8 Å². The van der Waals surface area contributed by atoms with Crippen molar-refractivity contribution in [2.45, 2.75) is 165 Å². The summed E-state index contributed by atoms with van der Waals surface area (Å²) in [5, 5.41) is 31.3. The van der Waals surface area contributed by atoms with Gasteiger partial charge in [-0.05, 0) is 114 Å². The van der Waals surface area contributed by atoms with E-state index < -0.39 is 41.1 Å². The van der Waals surface area contributed by atoms with Crippen LogP contribution >= 0.6 is 23.5 Å². The number of aliphatic hydroxyl groups is 2. The van der Waals surface area contributed by atoms with Gasteiger partial charge in [0.15, 0.2) is 0 Å². The number of carbonyl (C=O) groups excluding carboxylic acids is 10. The van der Waals surface area contributed by atoms with Crippen molar-refractivity contribution in [1.82, 2.24) is 45.8 Å². The van der Waals surface area contributed by atoms with E-state index in [1.165, 1.54) is 52.4 Å². The Balaban J connectivity index is 1.45. The second-order valence-electron chi connectivity index (χ2n) is 24.3. The van der Waals surface area contributed by atoms with Gasteiger partial charge in [-0.25, -0.2) is 9.59 Å². The number of amides is 9. The molecule has 2 saturated heterocycles. The van der Waals surface area contributed by atoms with Crippen LogP contribution in [0.25, 0.3) is 0 Å². The topological polar surface area (TPSA) is 349 Å². The summed E-state index contributed by atoms with van der Waals surface area (Å²) < 4.78 is 42.4. The summed E-state index contributed by atoms with van der Waals surface area (Å²) in [5.41, 5.74) is 0.677. The highest BCUT2D eigenvalue weighted by Gasteiger charge is 2.40. The summed E-state index contributed by atoms with van der Waals surface area (Å²) in [6.07, 6.45) is 6.07. The molecule has 29 nitrogen and oxygen atoms in total. The largest absolute Gasteiger partial charge is 0.441 e. The second-order valence-corrected chi connectivity index (χ2v) is 26.9. The average molecular weight is 1460 g/mol. The molecule has 0 aliphatic carbocycles. The standard InChI is InChI=1S/C69H117N9O20S2/c1-7-74(8-2)69(90)97-56-26-24-53(25-27-56)57(98-68(89)70-3)22-17-23-62(83)75(33-13-9-11-15-46-99-58-48-63(84)77(66(58)87)35-28-54(79)20-18-30-72-60(81)50-71-32-38-94-43-40-91-4)34-14-10-12-16-47-100-59-49-64(85)78(67(59)88)36-29-55(80)21-19-31-73-61(82)51-76(37-39-95-44-41-92-5)65(86)52-96-45-42-93-6/h24-27,55,57-60,71-72,80-81H,7-23,28-52H2,1-6H3,(H,70,89)(H,73,82). The lowest BCUT2D eigenvalue weighted by Gasteiger charge is -2.24. The van der Waals surface area contributed by atoms with Crippen molar-refractivity contribution in [3.05, 3.63) is 29.8 Å². The molecule has 1 aromatic carbocycles. The smallest absolute Gasteiger partial charge is 0.415 e. The van der Waals surface area contributed by atoms with Gasteiger partial charge in [-0.3, -0.25) is 53.5 Å². The van der Waals surface area contributed by atoms with Crippen molar-refractivity contribution < 1.29 is 96.1 Å². The van der Waals surface area contributed by atoms with E-state index in [9.17, 15) is 58.2 Å². The lowest BCUT2D eigenvalue weighted by atomic mass is 10.0. The SMILES string of the molecule is CCN(CC)C(=O)Oc1ccc(C(CCCC(=O)N(CCCCCCSC2CC(=O)N(CCC(=O)CCCNC(O)CNCCOCCOC)C2=O)CCCCCCSC2CC(=O)N(CCC(O)CCCNC(=O)CN(CCOCCOC)C(=O)COCCOC)C2=O)OC(=O)NC)cc1. The van der Waals surface area contributed by atoms with Crippen molar-refractivity contribution in [3.8, 4) is 5.75 Å². The summed E-state index contributed by atoms with van der Waals surface area (Å²) in [7, 11) is 6.15. The van der Waals surface area contributed by atoms with Crippen LogP contribution in [0.2, 0.25) is 0 Å². The highest BCUT2D eigenvalue weighted by Crippen LogP contribution is 2.30. The Labute approximate surface area is 600 Å². The molecule has 5 unspecified atom stereocenters. The number of Topliss-reactive ketones (excluding diaryl/α,β-unsaturated/α-hetero) is 1. The Hall–Kier alpha value is -5.58. The van der Waals surface area contributed by atoms with Gasteiger partial charge >= 0.3 is 12.2 Å². The molecular formula is C69H117N9O20S2. The molecule has 9 amide bonds. The first kappa shape index (κ1) is 88.6. The third kappa shape index (κ3) is 38.1. The minimum absolute atomic E-state index is 0.0245. The van der Waals surface area contributed by atoms with Crippen LogP contribution < -0.4 is 26.0 Å². The molecule has 5 atom stereocenters. The molecule has 0 bridgehead atoms. The number of ether oxygens (including phenoxy) is 8. The molecule has 2 aliphatic heterocycles. The molecule has 2 aliphatic rings. The van der Waals surface area contributed by atoms with E-state index in [0.29, 0.717) is 140 Å². The maximum Gasteiger partial charge on any atom is 0.415 e. The van der Waals surface area contributed by atoms with Crippen molar-refractivity contribution in [3.63, 3.8) is 0 Å². The van der Waals surface area contributed by atoms with Gasteiger partial charge in [0.2, 0.25) is 41.4 Å². The van der Waals surface area contributed by atoms with Gasteiger partial charge in [0.1, 0.15) is 30.5 Å². The molecule has 0 aromatic heterocycles. The zero-order valence-corrected chi connectivity index (χ0v) is 61.8. The van der Waals surface area contributed by atoms with Crippen molar-refractivity contribution in [1.29, 1.82) is 0 Å². The van der Waals surface area contributed by atoms with Crippen LogP contribution in [0.3, 0.4) is 0 Å². The van der Waals surface area contributed by atoms with Crippen LogP contribution in [-0.2, 0) is 71.5 Å². The lowest BCUT2D eigenvalue weighted by Crippen LogP contribution is -2.44. The second kappa shape index (κ2) is 55.0. The summed E-state index contributed by atoms with van der Waals surface area (Å²) in [4.78, 5) is 137. The van der Waals surface area contributed by atoms with Crippen LogP contribution in [0, 0.1) is 0 Å². The van der Waals surface area contributed by atoms with E-state index in [0.717, 1.165) is 51.4 Å². The molecule has 1 aromatic rings. The van der Waals surface area contributed by atoms with Crippen LogP contribution in [0.15, 0.2) is 24.3 Å². The predicted octanol–water partition coefficient (Wildman–Crippen LogP) is 4.47. The maximum absolute atomic E-state index is 14.0. The molecule has 100 heavy (non-hydrogen) atoms. The summed E-state index contributed by atoms with van der Waals surface area (Å²) in [6.45, 7) is 10.3. The van der Waals surface area contributed by atoms with E-state index in [4.69, 9.17) is 37.9 Å². The summed E-state index contributed by atoms with van der Waals surface area (Å²) in [5.74, 6) is -0.236. The molecule has 0 saturated carbocycles. The first-order chi connectivity index (χ1) is 48.4. The maximum atomic E-state index is 14.0. The third-order valence-electron chi connectivity index (χ3n) is 16.7. The van der Waals surface area contributed by atoms with E-state index in [1.807, 2.05) is 18.7 Å². The van der Waals surface area contributed by atoms with Gasteiger partial charge in [0.25, 0.3) is 0 Å². The number of nitrogens with one attached hydrogen (secondary N) is 4. The van der Waals surface area contributed by atoms with E-state index in [-0.39, 0.29) is 138 Å². The van der Waals surface area contributed by atoms with E-state index >= 15 is 0 Å². The van der Waals surface area contributed by atoms with Gasteiger partial charge in [0, 0.05) is 126 Å². The third-order valence-corrected chi connectivity index (χ3v) is 19.2. The Morgan fingerprint density at radius 3 is 1.78 bits per heavy atom. The quantitative estimate of drug-likeness (QED) is 0.0298. The molecule has 31 heteroatoms. The number of unbranched alkanes of at least 4 members (excludes halogenated alkanes) is 6. The number of benzene rings is 1. The van der Waals surface area contributed by atoms with Crippen molar-refractivity contribution in [2.24, 2.45) is 0 Å². The fourth-order valence-electron chi connectivity index (χ4n) is 10.8. The number of alkyl carbamates (subject to hydrolysis) is 1. The monoisotopic (exact) mass is 1460 g/mol. The van der Waals surface area contributed by atoms with E-state index in [1.54, 1.807) is 43.4 Å². The number of ketones is 1. The number of imide groups is 2. The average Bonchev–Trinajstić information content (AvgIpc) is 1.70. The minimum Gasteiger partial charge on any atom is -0.441 e. The van der Waals surface area contributed by atoms with Gasteiger partial charge < -0.3 is 78.8 Å². The van der Waals surface area contributed by atoms with Gasteiger partial charge in [-0.15, -0.1) is 23.5 Å². The Kier molecular flexibility index (Phi) is 48.8. The fourth-order valence-corrected chi connectivity index (χ4v) is 13.1. The number of hydrogen-bond donors (Lipinski definition) is 6. The molecule has 3 rings (SSSR count). The van der Waals surface area contributed by atoms with Gasteiger partial charge in [-0.2, -0.15) is 0 Å². The number of rotatable bonds is 61. The normalized spacial score (nSPS) is 15.5. The highest BCUT2D eigenvalue weighted by atomic mass is 32.2. The summed E-state index contributed by atoms with van der Waals surface area (Å²) >= 11 is 2.91. The van der Waals surface area contributed by atoms with Crippen LogP contribution in [0.5, 0.6) is 5.75 Å². The van der Waals surface area contributed by atoms with E-state index in [2.05, 4.69) is 21.3 Å².